The fourth-order valence-electron chi connectivity index (χ4n) is 2.18. The average molecular weight is 263 g/mol. The number of hydrogen-bond acceptors (Lipinski definition) is 5. The number of aromatic nitrogens is 1. The van der Waals surface area contributed by atoms with Gasteiger partial charge in [-0.25, -0.2) is 9.59 Å². The van der Waals surface area contributed by atoms with Crippen LogP contribution in [0.4, 0.5) is 0 Å². The number of esters is 1. The number of fused-ring (bicyclic) bond motifs is 1. The van der Waals surface area contributed by atoms with E-state index in [1.807, 2.05) is 0 Å². The minimum atomic E-state index is -0.712. The lowest BCUT2D eigenvalue weighted by molar-refractivity contribution is -0.144. The molecule has 0 radical (unpaired) electrons. The molecule has 1 aliphatic heterocycles. The molecule has 0 amide bonds. The first kappa shape index (κ1) is 12.0. The Morgan fingerprint density at radius 1 is 1.53 bits per heavy atom. The van der Waals surface area contributed by atoms with Crippen LogP contribution in [0, 0.1) is 0 Å². The monoisotopic (exact) mass is 263 g/mol. The Balaban J connectivity index is 1.92. The third-order valence-corrected chi connectivity index (χ3v) is 3.30. The summed E-state index contributed by atoms with van der Waals surface area (Å²) in [5, 5.41) is 0. The van der Waals surface area contributed by atoms with Crippen LogP contribution in [0.15, 0.2) is 27.4 Å². The average Bonchev–Trinajstić information content (AvgIpc) is 2.92. The molecule has 2 aromatic rings. The van der Waals surface area contributed by atoms with Crippen molar-refractivity contribution in [3.63, 3.8) is 0 Å². The topological polar surface area (TPSA) is 84.8 Å². The molecule has 2 heterocycles. The van der Waals surface area contributed by atoms with Gasteiger partial charge in [-0.15, -0.1) is 0 Å². The molecule has 3 rings (SSSR count). The summed E-state index contributed by atoms with van der Waals surface area (Å²) in [7, 11) is 0. The second-order valence-corrected chi connectivity index (χ2v) is 4.58. The second-order valence-electron chi connectivity index (χ2n) is 4.58. The van der Waals surface area contributed by atoms with E-state index in [0.29, 0.717) is 17.7 Å². The number of benzene rings is 1. The third-order valence-electron chi connectivity index (χ3n) is 3.30. The first-order valence-corrected chi connectivity index (χ1v) is 6.02. The van der Waals surface area contributed by atoms with Crippen molar-refractivity contribution in [2.24, 2.45) is 0 Å². The van der Waals surface area contributed by atoms with Gasteiger partial charge >= 0.3 is 11.7 Å². The van der Waals surface area contributed by atoms with Gasteiger partial charge in [0.15, 0.2) is 11.7 Å². The number of oxazole rings is 1. The highest BCUT2D eigenvalue weighted by Gasteiger charge is 2.59. The van der Waals surface area contributed by atoms with E-state index in [-0.39, 0.29) is 5.97 Å². The van der Waals surface area contributed by atoms with E-state index in [1.54, 1.807) is 32.0 Å². The normalized spacial score (nSPS) is 25.5. The van der Waals surface area contributed by atoms with E-state index in [2.05, 4.69) is 4.98 Å². The van der Waals surface area contributed by atoms with Crippen molar-refractivity contribution < 1.29 is 18.7 Å². The van der Waals surface area contributed by atoms with Crippen LogP contribution in [0.1, 0.15) is 19.4 Å². The zero-order valence-corrected chi connectivity index (χ0v) is 10.6. The number of nitrogens with one attached hydrogen (secondary N) is 1. The summed E-state index contributed by atoms with van der Waals surface area (Å²) < 4.78 is 15.4. The van der Waals surface area contributed by atoms with Gasteiger partial charge in [0.2, 0.25) is 0 Å². The Hall–Kier alpha value is -2.08. The molecule has 0 saturated carbocycles. The number of carbonyl (C=O) groups is 1. The van der Waals surface area contributed by atoms with Crippen molar-refractivity contribution >= 4 is 17.1 Å². The molecule has 100 valence electrons. The molecule has 0 spiro atoms. The first-order chi connectivity index (χ1) is 9.04. The van der Waals surface area contributed by atoms with Crippen LogP contribution in [-0.4, -0.2) is 23.7 Å². The van der Waals surface area contributed by atoms with E-state index in [4.69, 9.17) is 13.9 Å². The summed E-state index contributed by atoms with van der Waals surface area (Å²) in [5.74, 6) is -0.878. The number of aromatic amines is 1. The Labute approximate surface area is 108 Å². The van der Waals surface area contributed by atoms with Gasteiger partial charge in [0.05, 0.1) is 12.1 Å². The zero-order chi connectivity index (χ0) is 13.6. The fourth-order valence-corrected chi connectivity index (χ4v) is 2.18. The molecular formula is C13H13NO5. The molecule has 1 N–H and O–H groups in total. The molecule has 2 atom stereocenters. The summed E-state index contributed by atoms with van der Waals surface area (Å²) in [6.45, 7) is 3.87. The number of ether oxygens (including phenoxy) is 2. The fraction of sp³-hybridized carbons (Fsp3) is 0.385. The highest BCUT2D eigenvalue weighted by molar-refractivity contribution is 5.81. The largest absolute Gasteiger partial charge is 0.464 e. The number of hydrogen-bond donors (Lipinski definition) is 1. The van der Waals surface area contributed by atoms with Crippen molar-refractivity contribution in [3.8, 4) is 0 Å². The van der Waals surface area contributed by atoms with Crippen LogP contribution in [0.2, 0.25) is 0 Å². The van der Waals surface area contributed by atoms with Crippen LogP contribution in [0.5, 0.6) is 0 Å². The number of carbonyl (C=O) groups excluding carboxylic acids is 1. The van der Waals surface area contributed by atoms with E-state index >= 15 is 0 Å². The van der Waals surface area contributed by atoms with Gasteiger partial charge in [-0.1, -0.05) is 6.07 Å². The molecule has 1 aromatic heterocycles. The van der Waals surface area contributed by atoms with Gasteiger partial charge in [-0.2, -0.15) is 0 Å². The Kier molecular flexibility index (Phi) is 2.50. The highest BCUT2D eigenvalue weighted by atomic mass is 16.7. The number of rotatable bonds is 3. The van der Waals surface area contributed by atoms with Gasteiger partial charge < -0.3 is 13.9 Å². The second kappa shape index (κ2) is 3.96. The summed E-state index contributed by atoms with van der Waals surface area (Å²) >= 11 is 0. The summed E-state index contributed by atoms with van der Waals surface area (Å²) in [6.07, 6.45) is -0.601. The van der Waals surface area contributed by atoms with Crippen molar-refractivity contribution in [2.75, 3.05) is 6.61 Å². The van der Waals surface area contributed by atoms with Gasteiger partial charge in [0, 0.05) is 0 Å². The van der Waals surface area contributed by atoms with Crippen LogP contribution >= 0.6 is 0 Å². The van der Waals surface area contributed by atoms with Gasteiger partial charge in [-0.05, 0) is 31.5 Å². The Morgan fingerprint density at radius 2 is 2.32 bits per heavy atom. The number of H-pyrrole nitrogens is 1. The van der Waals surface area contributed by atoms with Crippen LogP contribution in [-0.2, 0) is 19.9 Å². The Bertz CT molecular complexity index is 700. The molecule has 2 unspecified atom stereocenters. The van der Waals surface area contributed by atoms with Gasteiger partial charge in [0.1, 0.15) is 5.60 Å². The van der Waals surface area contributed by atoms with Crippen LogP contribution < -0.4 is 5.76 Å². The standard InChI is InChI=1S/C13H13NO5/c1-3-17-11(15)10-13(2,19-10)7-4-5-8-9(6-7)18-12(16)14-8/h4-6,10H,3H2,1-2H3,(H,14,16). The molecule has 1 aliphatic rings. The van der Waals surface area contributed by atoms with Crippen LogP contribution in [0.25, 0.3) is 11.1 Å². The lowest BCUT2D eigenvalue weighted by Gasteiger charge is -2.06. The first-order valence-electron chi connectivity index (χ1n) is 6.02. The van der Waals surface area contributed by atoms with Crippen molar-refractivity contribution in [1.82, 2.24) is 4.98 Å². The zero-order valence-electron chi connectivity index (χ0n) is 10.6. The van der Waals surface area contributed by atoms with E-state index in [1.165, 1.54) is 0 Å². The third kappa shape index (κ3) is 1.84. The molecule has 1 saturated heterocycles. The lowest BCUT2D eigenvalue weighted by atomic mass is 9.97. The van der Waals surface area contributed by atoms with Crippen molar-refractivity contribution in [1.29, 1.82) is 0 Å². The van der Waals surface area contributed by atoms with Crippen molar-refractivity contribution in [2.45, 2.75) is 25.6 Å². The summed E-state index contributed by atoms with van der Waals surface area (Å²) in [5.41, 5.74) is 1.13. The van der Waals surface area contributed by atoms with Gasteiger partial charge in [-0.3, -0.25) is 4.98 Å². The SMILES string of the molecule is CCOC(=O)C1OC1(C)c1ccc2[nH]c(=O)oc2c1. The smallest absolute Gasteiger partial charge is 0.417 e. The Morgan fingerprint density at radius 3 is 3.05 bits per heavy atom. The molecule has 1 fully saturated rings. The lowest BCUT2D eigenvalue weighted by Crippen LogP contribution is -2.18. The minimum absolute atomic E-state index is 0.320. The number of epoxide rings is 1. The van der Waals surface area contributed by atoms with E-state index in [0.717, 1.165) is 5.56 Å². The summed E-state index contributed by atoms with van der Waals surface area (Å²) in [4.78, 5) is 25.3. The molecular weight excluding hydrogens is 250 g/mol. The van der Waals surface area contributed by atoms with Crippen molar-refractivity contribution in [3.05, 3.63) is 34.3 Å². The van der Waals surface area contributed by atoms with Crippen LogP contribution in [0.3, 0.4) is 0 Å². The maximum absolute atomic E-state index is 11.6. The predicted molar refractivity (Wildman–Crippen MR) is 65.7 cm³/mol. The molecule has 1 aromatic carbocycles. The molecule has 0 aliphatic carbocycles. The van der Waals surface area contributed by atoms with Gasteiger partial charge in [0.25, 0.3) is 0 Å². The molecule has 19 heavy (non-hydrogen) atoms. The van der Waals surface area contributed by atoms with E-state index in [9.17, 15) is 9.59 Å². The molecule has 6 heteroatoms. The summed E-state index contributed by atoms with van der Waals surface area (Å²) in [6, 6.07) is 5.23. The predicted octanol–water partition coefficient (Wildman–Crippen LogP) is 1.30. The van der Waals surface area contributed by atoms with E-state index < -0.39 is 17.5 Å². The molecule has 0 bridgehead atoms. The maximum Gasteiger partial charge on any atom is 0.417 e. The molecule has 6 nitrogen and oxygen atoms in total. The quantitative estimate of drug-likeness (QED) is 0.666. The minimum Gasteiger partial charge on any atom is -0.464 e. The highest BCUT2D eigenvalue weighted by Crippen LogP contribution is 2.46. The maximum atomic E-state index is 11.6.